The summed E-state index contributed by atoms with van der Waals surface area (Å²) >= 11 is 0. The number of hydrogen-bond donors (Lipinski definition) is 1. The van der Waals surface area contributed by atoms with E-state index >= 15 is 0 Å². The lowest BCUT2D eigenvalue weighted by Crippen LogP contribution is -2.44. The highest BCUT2D eigenvalue weighted by Crippen LogP contribution is 2.24. The topological polar surface area (TPSA) is 58.6 Å². The van der Waals surface area contributed by atoms with Crippen molar-refractivity contribution in [2.45, 2.75) is 38.7 Å². The summed E-state index contributed by atoms with van der Waals surface area (Å²) < 4.78 is 18.6. The Morgan fingerprint density at radius 1 is 1.24 bits per heavy atom. The summed E-state index contributed by atoms with van der Waals surface area (Å²) in [7, 11) is 0. The van der Waals surface area contributed by atoms with E-state index in [4.69, 9.17) is 4.74 Å². The molecule has 2 aromatic rings. The van der Waals surface area contributed by atoms with Crippen molar-refractivity contribution in [1.29, 1.82) is 0 Å². The van der Waals surface area contributed by atoms with Crippen LogP contribution in [0.4, 0.5) is 10.1 Å². The number of nitrogens with one attached hydrogen (secondary N) is 1. The van der Waals surface area contributed by atoms with Crippen molar-refractivity contribution in [3.63, 3.8) is 0 Å². The molecule has 1 fully saturated rings. The van der Waals surface area contributed by atoms with Gasteiger partial charge in [-0.15, -0.1) is 0 Å². The van der Waals surface area contributed by atoms with Gasteiger partial charge in [0.25, 0.3) is 5.91 Å². The molecule has 2 amide bonds. The first-order valence-corrected chi connectivity index (χ1v) is 10.0. The molecule has 0 saturated carbocycles. The molecule has 1 heterocycles. The van der Waals surface area contributed by atoms with Crippen molar-refractivity contribution in [1.82, 2.24) is 4.90 Å². The average molecular weight is 398 g/mol. The van der Waals surface area contributed by atoms with Crippen molar-refractivity contribution in [2.75, 3.05) is 25.0 Å². The Balaban J connectivity index is 1.63. The molecule has 2 atom stereocenters. The molecule has 2 unspecified atom stereocenters. The number of amides is 2. The summed E-state index contributed by atoms with van der Waals surface area (Å²) in [6, 6.07) is 13.3. The number of benzene rings is 2. The molecule has 2 aromatic carbocycles. The van der Waals surface area contributed by atoms with E-state index in [1.165, 1.54) is 12.1 Å². The Morgan fingerprint density at radius 2 is 2.00 bits per heavy atom. The molecule has 0 radical (unpaired) electrons. The van der Waals surface area contributed by atoms with Crippen molar-refractivity contribution in [2.24, 2.45) is 0 Å². The van der Waals surface area contributed by atoms with E-state index in [9.17, 15) is 14.0 Å². The van der Waals surface area contributed by atoms with Gasteiger partial charge in [-0.3, -0.25) is 9.59 Å². The highest BCUT2D eigenvalue weighted by atomic mass is 19.1. The van der Waals surface area contributed by atoms with Crippen LogP contribution in [0.5, 0.6) is 0 Å². The molecule has 0 spiro atoms. The fraction of sp³-hybridized carbons (Fsp3) is 0.391. The third-order valence-corrected chi connectivity index (χ3v) is 5.19. The maximum Gasteiger partial charge on any atom is 0.254 e. The number of hydrogen-bond acceptors (Lipinski definition) is 3. The van der Waals surface area contributed by atoms with E-state index in [0.29, 0.717) is 37.4 Å². The molecule has 1 saturated heterocycles. The summed E-state index contributed by atoms with van der Waals surface area (Å²) in [5.74, 6) is -0.473. The van der Waals surface area contributed by atoms with Crippen molar-refractivity contribution in [3.05, 3.63) is 65.5 Å². The molecule has 1 aliphatic heterocycles. The number of nitrogens with zero attached hydrogens (tertiary/aromatic N) is 1. The van der Waals surface area contributed by atoms with Crippen LogP contribution in [-0.4, -0.2) is 42.5 Å². The van der Waals surface area contributed by atoms with Crippen LogP contribution in [0.25, 0.3) is 0 Å². The first-order chi connectivity index (χ1) is 14.0. The summed E-state index contributed by atoms with van der Waals surface area (Å²) in [4.78, 5) is 27.1. The van der Waals surface area contributed by atoms with Crippen LogP contribution in [0.15, 0.2) is 48.5 Å². The Kier molecular flexibility index (Phi) is 6.99. The lowest BCUT2D eigenvalue weighted by atomic mass is 9.93. The highest BCUT2D eigenvalue weighted by molar-refractivity contribution is 5.97. The molecule has 154 valence electrons. The average Bonchev–Trinajstić information content (AvgIpc) is 2.72. The molecule has 0 aliphatic carbocycles. The largest absolute Gasteiger partial charge is 0.375 e. The van der Waals surface area contributed by atoms with Crippen molar-refractivity contribution >= 4 is 17.5 Å². The van der Waals surface area contributed by atoms with E-state index in [0.717, 1.165) is 12.0 Å². The maximum absolute atomic E-state index is 13.1. The van der Waals surface area contributed by atoms with Crippen LogP contribution in [0.3, 0.4) is 0 Å². The highest BCUT2D eigenvalue weighted by Gasteiger charge is 2.23. The van der Waals surface area contributed by atoms with Gasteiger partial charge in [0.2, 0.25) is 5.91 Å². The van der Waals surface area contributed by atoms with Crippen LogP contribution in [0.1, 0.15) is 48.5 Å². The van der Waals surface area contributed by atoms with E-state index in [1.807, 2.05) is 13.8 Å². The van der Waals surface area contributed by atoms with E-state index in [2.05, 4.69) is 5.32 Å². The second-order valence-corrected chi connectivity index (χ2v) is 7.42. The number of morpholine rings is 1. The van der Waals surface area contributed by atoms with Crippen LogP contribution in [0.2, 0.25) is 0 Å². The molecule has 29 heavy (non-hydrogen) atoms. The predicted octanol–water partition coefficient (Wildman–Crippen LogP) is 4.21. The zero-order valence-corrected chi connectivity index (χ0v) is 16.9. The molecular formula is C23H27FN2O3. The fourth-order valence-electron chi connectivity index (χ4n) is 3.58. The lowest BCUT2D eigenvalue weighted by Gasteiger charge is -2.31. The minimum absolute atomic E-state index is 0.00949. The molecule has 6 heteroatoms. The molecule has 5 nitrogen and oxygen atoms in total. The number of carbonyl (C=O) groups is 2. The van der Waals surface area contributed by atoms with Gasteiger partial charge in [0.1, 0.15) is 5.82 Å². The normalized spacial score (nSPS) is 17.6. The maximum atomic E-state index is 13.1. The Bertz CT molecular complexity index is 853. The summed E-state index contributed by atoms with van der Waals surface area (Å²) in [6.07, 6.45) is 1.08. The predicted molar refractivity (Wildman–Crippen MR) is 110 cm³/mol. The number of halogens is 1. The smallest absolute Gasteiger partial charge is 0.254 e. The molecule has 0 aromatic heterocycles. The van der Waals surface area contributed by atoms with E-state index in [1.54, 1.807) is 41.3 Å². The van der Waals surface area contributed by atoms with Crippen molar-refractivity contribution in [3.8, 4) is 0 Å². The summed E-state index contributed by atoms with van der Waals surface area (Å²) in [6.45, 7) is 5.61. The second kappa shape index (κ2) is 9.65. The zero-order valence-electron chi connectivity index (χ0n) is 16.9. The number of rotatable bonds is 6. The standard InChI is InChI=1S/C23H27FN2O3/c1-3-17(18-7-9-20(24)10-8-18)14-22(27)25-21-6-4-5-19(13-21)23(28)26-11-12-29-16(2)15-26/h4-10,13,16-17H,3,11-12,14-15H2,1-2H3,(H,25,27). The Hall–Kier alpha value is -2.73. The van der Waals surface area contributed by atoms with E-state index in [-0.39, 0.29) is 29.7 Å². The third kappa shape index (κ3) is 5.64. The van der Waals surface area contributed by atoms with Gasteiger partial charge in [0.05, 0.1) is 12.7 Å². The molecular weight excluding hydrogens is 371 g/mol. The Morgan fingerprint density at radius 3 is 2.69 bits per heavy atom. The van der Waals surface area contributed by atoms with Crippen LogP contribution < -0.4 is 5.32 Å². The monoisotopic (exact) mass is 398 g/mol. The molecule has 3 rings (SSSR count). The molecule has 1 N–H and O–H groups in total. The van der Waals surface area contributed by atoms with Crippen LogP contribution in [-0.2, 0) is 9.53 Å². The van der Waals surface area contributed by atoms with Gasteiger partial charge in [-0.1, -0.05) is 25.1 Å². The summed E-state index contributed by atoms with van der Waals surface area (Å²) in [5, 5.41) is 2.89. The lowest BCUT2D eigenvalue weighted by molar-refractivity contribution is -0.116. The minimum atomic E-state index is -0.288. The fourth-order valence-corrected chi connectivity index (χ4v) is 3.58. The van der Waals surface area contributed by atoms with Gasteiger partial charge in [-0.2, -0.15) is 0 Å². The Labute approximate surface area is 170 Å². The first-order valence-electron chi connectivity index (χ1n) is 10.0. The number of carbonyl (C=O) groups excluding carboxylic acids is 2. The van der Waals surface area contributed by atoms with Crippen LogP contribution >= 0.6 is 0 Å². The van der Waals surface area contributed by atoms with E-state index < -0.39 is 0 Å². The van der Waals surface area contributed by atoms with Gasteiger partial charge in [-0.25, -0.2) is 4.39 Å². The summed E-state index contributed by atoms with van der Waals surface area (Å²) in [5.41, 5.74) is 2.08. The van der Waals surface area contributed by atoms with Gasteiger partial charge in [0, 0.05) is 30.8 Å². The number of ether oxygens (including phenoxy) is 1. The van der Waals surface area contributed by atoms with Gasteiger partial charge in [0.15, 0.2) is 0 Å². The quantitative estimate of drug-likeness (QED) is 0.793. The molecule has 0 bridgehead atoms. The molecule has 1 aliphatic rings. The second-order valence-electron chi connectivity index (χ2n) is 7.42. The minimum Gasteiger partial charge on any atom is -0.375 e. The van der Waals surface area contributed by atoms with Gasteiger partial charge in [-0.05, 0) is 55.2 Å². The van der Waals surface area contributed by atoms with Crippen LogP contribution in [0, 0.1) is 5.82 Å². The SMILES string of the molecule is CCC(CC(=O)Nc1cccc(C(=O)N2CCOC(C)C2)c1)c1ccc(F)cc1. The zero-order chi connectivity index (χ0) is 20.8. The first kappa shape index (κ1) is 21.0. The van der Waals surface area contributed by atoms with Crippen molar-refractivity contribution < 1.29 is 18.7 Å². The third-order valence-electron chi connectivity index (χ3n) is 5.19. The number of anilines is 1. The van der Waals surface area contributed by atoms with Gasteiger partial charge < -0.3 is 15.0 Å². The van der Waals surface area contributed by atoms with Gasteiger partial charge >= 0.3 is 0 Å².